The van der Waals surface area contributed by atoms with Gasteiger partial charge in [0.1, 0.15) is 0 Å². The van der Waals surface area contributed by atoms with E-state index in [9.17, 15) is 0 Å². The van der Waals surface area contributed by atoms with E-state index in [1.165, 1.54) is 82.8 Å². The van der Waals surface area contributed by atoms with Crippen LogP contribution in [-0.2, 0) is 0 Å². The standard InChI is InChI=1S/C47H34N2/c1-30-25-32(27-34(26-30)37-24-23-31-13-5-6-16-36(31)46(37)48-35-14-3-2-4-15-35)33-28-42-39-18-8-7-17-38(39)40-19-9-11-21-44(40)49-45-22-12-10-20-41(45)43(29-33)47(42)49/h2-24,26-30,48H,25H2,1H3. The maximum Gasteiger partial charge on any atom is 0.0620 e. The molecule has 0 amide bonds. The summed E-state index contributed by atoms with van der Waals surface area (Å²) in [7, 11) is 0. The number of anilines is 2. The highest BCUT2D eigenvalue weighted by Gasteiger charge is 2.26. The zero-order valence-electron chi connectivity index (χ0n) is 27.3. The Labute approximate surface area is 286 Å². The first-order chi connectivity index (χ1) is 24.2. The number of rotatable bonds is 4. The lowest BCUT2D eigenvalue weighted by atomic mass is 9.83. The highest BCUT2D eigenvalue weighted by Crippen LogP contribution is 2.49. The second-order valence-electron chi connectivity index (χ2n) is 13.5. The van der Waals surface area contributed by atoms with Gasteiger partial charge in [-0.25, -0.2) is 0 Å². The molecule has 49 heavy (non-hydrogen) atoms. The minimum atomic E-state index is 0.388. The molecule has 7 aromatic carbocycles. The third-order valence-electron chi connectivity index (χ3n) is 10.4. The number of hydrogen-bond donors (Lipinski definition) is 1. The Balaban J connectivity index is 1.21. The van der Waals surface area contributed by atoms with Gasteiger partial charge in [0.25, 0.3) is 0 Å². The molecule has 1 aliphatic carbocycles. The molecule has 8 aromatic rings. The molecule has 1 atom stereocenters. The first-order valence-corrected chi connectivity index (χ1v) is 17.2. The number of allylic oxidation sites excluding steroid dienone is 4. The van der Waals surface area contributed by atoms with E-state index in [0.29, 0.717) is 5.92 Å². The van der Waals surface area contributed by atoms with Gasteiger partial charge in [-0.3, -0.25) is 0 Å². The number of para-hydroxylation sites is 3. The van der Waals surface area contributed by atoms with Gasteiger partial charge in [0.15, 0.2) is 0 Å². The largest absolute Gasteiger partial charge is 0.355 e. The number of nitrogens with zero attached hydrogens (tertiary/aromatic N) is 1. The quantitative estimate of drug-likeness (QED) is 0.206. The van der Waals surface area contributed by atoms with Crippen molar-refractivity contribution in [1.29, 1.82) is 0 Å². The molecule has 0 saturated heterocycles. The van der Waals surface area contributed by atoms with Crippen molar-refractivity contribution in [3.05, 3.63) is 175 Å². The van der Waals surface area contributed by atoms with Crippen molar-refractivity contribution in [1.82, 2.24) is 4.57 Å². The summed E-state index contributed by atoms with van der Waals surface area (Å²) in [6.07, 6.45) is 5.89. The van der Waals surface area contributed by atoms with Gasteiger partial charge < -0.3 is 9.88 Å². The highest BCUT2D eigenvalue weighted by atomic mass is 15.0. The predicted molar refractivity (Wildman–Crippen MR) is 209 cm³/mol. The number of hydrogen-bond acceptors (Lipinski definition) is 1. The average Bonchev–Trinajstić information content (AvgIpc) is 3.42. The van der Waals surface area contributed by atoms with E-state index in [0.717, 1.165) is 17.8 Å². The summed E-state index contributed by atoms with van der Waals surface area (Å²) in [6.45, 7) is 2.35. The second-order valence-corrected chi connectivity index (χ2v) is 13.5. The Hall–Kier alpha value is -6.12. The summed E-state index contributed by atoms with van der Waals surface area (Å²) in [6, 6.07) is 55.4. The van der Waals surface area contributed by atoms with Crippen LogP contribution in [0.3, 0.4) is 0 Å². The van der Waals surface area contributed by atoms with Crippen molar-refractivity contribution in [3.8, 4) is 27.9 Å². The van der Waals surface area contributed by atoms with Crippen LogP contribution in [-0.4, -0.2) is 4.57 Å². The van der Waals surface area contributed by atoms with E-state index in [4.69, 9.17) is 0 Å². The first kappa shape index (κ1) is 27.9. The molecule has 0 spiro atoms. The summed E-state index contributed by atoms with van der Waals surface area (Å²) in [5.74, 6) is 0.388. The molecule has 0 saturated carbocycles. The topological polar surface area (TPSA) is 17.0 Å². The van der Waals surface area contributed by atoms with Crippen LogP contribution in [0.4, 0.5) is 11.4 Å². The number of fused-ring (bicyclic) bond motifs is 9. The van der Waals surface area contributed by atoms with Crippen molar-refractivity contribution in [2.24, 2.45) is 5.92 Å². The Morgan fingerprint density at radius 3 is 2.12 bits per heavy atom. The van der Waals surface area contributed by atoms with Crippen LogP contribution in [0.1, 0.15) is 24.5 Å². The Kier molecular flexibility index (Phi) is 6.25. The van der Waals surface area contributed by atoms with Gasteiger partial charge in [-0.05, 0) is 82.0 Å². The second kappa shape index (κ2) is 11.0. The lowest BCUT2D eigenvalue weighted by Crippen LogP contribution is -2.04. The zero-order valence-corrected chi connectivity index (χ0v) is 27.3. The summed E-state index contributed by atoms with van der Waals surface area (Å²) >= 11 is 0. The summed E-state index contributed by atoms with van der Waals surface area (Å²) in [5, 5.41) is 8.86. The Morgan fingerprint density at radius 1 is 0.571 bits per heavy atom. The van der Waals surface area contributed by atoms with E-state index in [-0.39, 0.29) is 0 Å². The smallest absolute Gasteiger partial charge is 0.0620 e. The molecular formula is C47H34N2. The molecule has 1 N–H and O–H groups in total. The van der Waals surface area contributed by atoms with Gasteiger partial charge in [-0.1, -0.05) is 134 Å². The maximum atomic E-state index is 3.81. The maximum absolute atomic E-state index is 3.81. The van der Waals surface area contributed by atoms with Gasteiger partial charge in [0, 0.05) is 38.5 Å². The average molecular weight is 627 g/mol. The molecule has 2 aliphatic rings. The molecule has 2 heteroatoms. The van der Waals surface area contributed by atoms with Crippen molar-refractivity contribution in [2.75, 3.05) is 5.32 Å². The Bertz CT molecular complexity index is 2670. The van der Waals surface area contributed by atoms with Crippen molar-refractivity contribution in [2.45, 2.75) is 13.3 Å². The predicted octanol–water partition coefficient (Wildman–Crippen LogP) is 12.8. The van der Waals surface area contributed by atoms with Gasteiger partial charge in [-0.15, -0.1) is 0 Å². The zero-order chi connectivity index (χ0) is 32.5. The van der Waals surface area contributed by atoms with E-state index in [1.807, 2.05) is 0 Å². The van der Waals surface area contributed by atoms with Gasteiger partial charge in [-0.2, -0.15) is 0 Å². The fourth-order valence-electron chi connectivity index (χ4n) is 8.28. The number of nitrogens with one attached hydrogen (secondary N) is 1. The van der Waals surface area contributed by atoms with Crippen LogP contribution in [0, 0.1) is 5.92 Å². The van der Waals surface area contributed by atoms with Gasteiger partial charge >= 0.3 is 0 Å². The number of aromatic nitrogens is 1. The minimum absolute atomic E-state index is 0.388. The van der Waals surface area contributed by atoms with Crippen molar-refractivity contribution < 1.29 is 0 Å². The molecular weight excluding hydrogens is 593 g/mol. The van der Waals surface area contributed by atoms with Crippen LogP contribution >= 0.6 is 0 Å². The molecule has 2 heterocycles. The SMILES string of the molecule is CC1C=C(c2ccc3ccccc3c2Nc2ccccc2)C=C(c2cc3c4c(c2)c2ccccc2n4-c2ccccc2-c2ccccc2-3)C1. The van der Waals surface area contributed by atoms with Crippen LogP contribution in [0.15, 0.2) is 164 Å². The van der Waals surface area contributed by atoms with Crippen LogP contribution in [0.5, 0.6) is 0 Å². The van der Waals surface area contributed by atoms with E-state index in [2.05, 4.69) is 181 Å². The third kappa shape index (κ3) is 4.41. The molecule has 232 valence electrons. The van der Waals surface area contributed by atoms with Gasteiger partial charge in [0.2, 0.25) is 0 Å². The van der Waals surface area contributed by atoms with Crippen LogP contribution < -0.4 is 5.32 Å². The molecule has 1 unspecified atom stereocenters. The van der Waals surface area contributed by atoms with E-state index < -0.39 is 0 Å². The molecule has 1 aromatic heterocycles. The van der Waals surface area contributed by atoms with E-state index >= 15 is 0 Å². The molecule has 0 radical (unpaired) electrons. The molecule has 1 aliphatic heterocycles. The third-order valence-corrected chi connectivity index (χ3v) is 10.4. The number of benzene rings is 7. The molecule has 2 nitrogen and oxygen atoms in total. The fraction of sp³-hybridized carbons (Fsp3) is 0.0638. The minimum Gasteiger partial charge on any atom is -0.355 e. The summed E-state index contributed by atoms with van der Waals surface area (Å²) in [4.78, 5) is 0. The van der Waals surface area contributed by atoms with Crippen LogP contribution in [0.2, 0.25) is 0 Å². The highest BCUT2D eigenvalue weighted by molar-refractivity contribution is 6.17. The lowest BCUT2D eigenvalue weighted by molar-refractivity contribution is 0.752. The normalized spacial score (nSPS) is 15.0. The molecule has 10 rings (SSSR count). The van der Waals surface area contributed by atoms with Gasteiger partial charge in [0.05, 0.1) is 22.4 Å². The first-order valence-electron chi connectivity index (χ1n) is 17.2. The van der Waals surface area contributed by atoms with Crippen molar-refractivity contribution in [3.63, 3.8) is 0 Å². The summed E-state index contributed by atoms with van der Waals surface area (Å²) < 4.78 is 2.50. The fourth-order valence-corrected chi connectivity index (χ4v) is 8.28. The van der Waals surface area contributed by atoms with E-state index in [1.54, 1.807) is 0 Å². The Morgan fingerprint density at radius 2 is 1.27 bits per heavy atom. The van der Waals surface area contributed by atoms with Crippen LogP contribution in [0.25, 0.3) is 71.7 Å². The lowest BCUT2D eigenvalue weighted by Gasteiger charge is -2.23. The summed E-state index contributed by atoms with van der Waals surface area (Å²) in [5.41, 5.74) is 16.3. The monoisotopic (exact) mass is 626 g/mol. The molecule has 0 fully saturated rings. The van der Waals surface area contributed by atoms with Crippen molar-refractivity contribution >= 4 is 55.1 Å². The molecule has 0 bridgehead atoms.